The number of nitrogens with two attached hydrogens (primary N) is 1. The molecule has 0 bridgehead atoms. The van der Waals surface area contributed by atoms with Crippen molar-refractivity contribution >= 4 is 5.78 Å². The molecule has 0 aromatic carbocycles. The summed E-state index contributed by atoms with van der Waals surface area (Å²) in [7, 11) is 0. The molecule has 0 amide bonds. The first kappa shape index (κ1) is 10.1. The number of Topliss-reactive ketones (excluding diaryl/α,β-unsaturated/α-hetero) is 1. The van der Waals surface area contributed by atoms with Crippen molar-refractivity contribution in [2.75, 3.05) is 6.61 Å². The average molecular weight is 197 g/mol. The van der Waals surface area contributed by atoms with Gasteiger partial charge in [-0.05, 0) is 31.6 Å². The summed E-state index contributed by atoms with van der Waals surface area (Å²) in [6.07, 6.45) is 6.11. The molecule has 3 heteroatoms. The van der Waals surface area contributed by atoms with Crippen LogP contribution < -0.4 is 5.73 Å². The van der Waals surface area contributed by atoms with Gasteiger partial charge >= 0.3 is 0 Å². The SMILES string of the molecule is NC1CCC(C2CCC(=O)CC2)OC1. The van der Waals surface area contributed by atoms with E-state index in [9.17, 15) is 4.79 Å². The molecule has 2 unspecified atom stereocenters. The molecule has 0 radical (unpaired) electrons. The van der Waals surface area contributed by atoms with Gasteiger partial charge in [-0.25, -0.2) is 0 Å². The van der Waals surface area contributed by atoms with Crippen LogP contribution in [0.15, 0.2) is 0 Å². The zero-order valence-electron chi connectivity index (χ0n) is 8.58. The quantitative estimate of drug-likeness (QED) is 0.688. The number of hydrogen-bond acceptors (Lipinski definition) is 3. The zero-order chi connectivity index (χ0) is 9.97. The largest absolute Gasteiger partial charge is 0.376 e. The summed E-state index contributed by atoms with van der Waals surface area (Å²) in [5.74, 6) is 1.04. The van der Waals surface area contributed by atoms with Gasteiger partial charge in [-0.2, -0.15) is 0 Å². The highest BCUT2D eigenvalue weighted by Gasteiger charge is 2.29. The smallest absolute Gasteiger partial charge is 0.132 e. The molecule has 2 fully saturated rings. The Morgan fingerprint density at radius 3 is 2.43 bits per heavy atom. The van der Waals surface area contributed by atoms with Crippen molar-refractivity contribution in [1.29, 1.82) is 0 Å². The molecule has 2 aliphatic rings. The van der Waals surface area contributed by atoms with Gasteiger partial charge in [0.1, 0.15) is 5.78 Å². The highest BCUT2D eigenvalue weighted by molar-refractivity contribution is 5.79. The minimum absolute atomic E-state index is 0.233. The highest BCUT2D eigenvalue weighted by atomic mass is 16.5. The van der Waals surface area contributed by atoms with Crippen LogP contribution in [0.5, 0.6) is 0 Å². The van der Waals surface area contributed by atoms with Crippen molar-refractivity contribution in [1.82, 2.24) is 0 Å². The van der Waals surface area contributed by atoms with Crippen molar-refractivity contribution in [3.63, 3.8) is 0 Å². The first-order valence-electron chi connectivity index (χ1n) is 5.64. The second kappa shape index (κ2) is 4.41. The number of carbonyl (C=O) groups excluding carboxylic acids is 1. The van der Waals surface area contributed by atoms with Crippen molar-refractivity contribution in [2.24, 2.45) is 11.7 Å². The maximum atomic E-state index is 11.1. The van der Waals surface area contributed by atoms with Crippen LogP contribution in [0.25, 0.3) is 0 Å². The Hall–Kier alpha value is -0.410. The molecule has 3 nitrogen and oxygen atoms in total. The molecule has 1 saturated heterocycles. The van der Waals surface area contributed by atoms with Gasteiger partial charge < -0.3 is 10.5 Å². The summed E-state index contributed by atoms with van der Waals surface area (Å²) in [4.78, 5) is 11.1. The fourth-order valence-corrected chi connectivity index (χ4v) is 2.50. The molecule has 2 N–H and O–H groups in total. The van der Waals surface area contributed by atoms with E-state index in [1.807, 2.05) is 0 Å². The number of ether oxygens (including phenoxy) is 1. The van der Waals surface area contributed by atoms with Crippen molar-refractivity contribution in [3.05, 3.63) is 0 Å². The summed E-state index contributed by atoms with van der Waals surface area (Å²) in [6, 6.07) is 0.233. The fraction of sp³-hybridized carbons (Fsp3) is 0.909. The number of hydrogen-bond donors (Lipinski definition) is 1. The van der Waals surface area contributed by atoms with E-state index in [1.165, 1.54) is 0 Å². The van der Waals surface area contributed by atoms with Crippen molar-refractivity contribution in [3.8, 4) is 0 Å². The maximum absolute atomic E-state index is 11.1. The standard InChI is InChI=1S/C11H19NO2/c12-9-3-6-11(14-7-9)8-1-4-10(13)5-2-8/h8-9,11H,1-7,12H2. The molecule has 0 aromatic heterocycles. The van der Waals surface area contributed by atoms with E-state index < -0.39 is 0 Å². The highest BCUT2D eigenvalue weighted by Crippen LogP contribution is 2.30. The molecule has 1 aliphatic heterocycles. The lowest BCUT2D eigenvalue weighted by Crippen LogP contribution is -2.39. The van der Waals surface area contributed by atoms with E-state index in [1.54, 1.807) is 0 Å². The lowest BCUT2D eigenvalue weighted by Gasteiger charge is -2.34. The molecule has 1 heterocycles. The number of carbonyl (C=O) groups is 1. The van der Waals surface area contributed by atoms with Crippen molar-refractivity contribution < 1.29 is 9.53 Å². The molecule has 1 saturated carbocycles. The summed E-state index contributed by atoms with van der Waals surface area (Å²) >= 11 is 0. The predicted octanol–water partition coefficient (Wildman–Crippen LogP) is 1.25. The second-order valence-electron chi connectivity index (χ2n) is 4.59. The summed E-state index contributed by atoms with van der Waals surface area (Å²) in [5.41, 5.74) is 5.77. The maximum Gasteiger partial charge on any atom is 0.132 e. The minimum Gasteiger partial charge on any atom is -0.376 e. The average Bonchev–Trinajstić information content (AvgIpc) is 2.21. The lowest BCUT2D eigenvalue weighted by atomic mass is 9.82. The van der Waals surface area contributed by atoms with E-state index in [4.69, 9.17) is 10.5 Å². The van der Waals surface area contributed by atoms with Crippen LogP contribution in [0, 0.1) is 5.92 Å². The third-order valence-electron chi connectivity index (χ3n) is 3.46. The van der Waals surface area contributed by atoms with Gasteiger partial charge in [-0.15, -0.1) is 0 Å². The Bertz CT molecular complexity index is 199. The number of rotatable bonds is 1. The second-order valence-corrected chi connectivity index (χ2v) is 4.59. The van der Waals surface area contributed by atoms with Crippen molar-refractivity contribution in [2.45, 2.75) is 50.7 Å². The third-order valence-corrected chi connectivity index (χ3v) is 3.46. The van der Waals surface area contributed by atoms with E-state index in [0.717, 1.165) is 38.5 Å². The van der Waals surface area contributed by atoms with E-state index >= 15 is 0 Å². The molecule has 2 rings (SSSR count). The van der Waals surface area contributed by atoms with E-state index in [2.05, 4.69) is 0 Å². The third kappa shape index (κ3) is 2.34. The molecule has 2 atom stereocenters. The summed E-state index contributed by atoms with van der Waals surface area (Å²) < 4.78 is 5.73. The van der Waals surface area contributed by atoms with Crippen LogP contribution in [0.1, 0.15) is 38.5 Å². The zero-order valence-corrected chi connectivity index (χ0v) is 8.58. The Labute approximate surface area is 85.0 Å². The molecule has 0 aromatic rings. The van der Waals surface area contributed by atoms with Gasteiger partial charge in [0, 0.05) is 18.9 Å². The monoisotopic (exact) mass is 197 g/mol. The Morgan fingerprint density at radius 1 is 1.14 bits per heavy atom. The first-order valence-corrected chi connectivity index (χ1v) is 5.64. The lowest BCUT2D eigenvalue weighted by molar-refractivity contribution is -0.122. The van der Waals surface area contributed by atoms with Crippen LogP contribution in [-0.2, 0) is 9.53 Å². The Morgan fingerprint density at radius 2 is 1.86 bits per heavy atom. The summed E-state index contributed by atoms with van der Waals surface area (Å²) in [6.45, 7) is 0.703. The predicted molar refractivity (Wildman–Crippen MR) is 53.9 cm³/mol. The molecule has 80 valence electrons. The molecule has 14 heavy (non-hydrogen) atoms. The molecule has 0 spiro atoms. The molecular weight excluding hydrogens is 178 g/mol. The van der Waals surface area contributed by atoms with E-state index in [-0.39, 0.29) is 6.04 Å². The van der Waals surface area contributed by atoms with Gasteiger partial charge in [-0.3, -0.25) is 4.79 Å². The Kier molecular flexibility index (Phi) is 3.19. The fourth-order valence-electron chi connectivity index (χ4n) is 2.50. The first-order chi connectivity index (χ1) is 6.75. The Balaban J connectivity index is 1.81. The van der Waals surface area contributed by atoms with E-state index in [0.29, 0.717) is 24.4 Å². The normalized spacial score (nSPS) is 35.9. The minimum atomic E-state index is 0.233. The molecular formula is C11H19NO2. The van der Waals surface area contributed by atoms with Crippen LogP contribution >= 0.6 is 0 Å². The van der Waals surface area contributed by atoms with Crippen LogP contribution in [0.4, 0.5) is 0 Å². The number of ketones is 1. The van der Waals surface area contributed by atoms with Gasteiger partial charge in [-0.1, -0.05) is 0 Å². The van der Waals surface area contributed by atoms with Crippen LogP contribution in [-0.4, -0.2) is 24.5 Å². The summed E-state index contributed by atoms with van der Waals surface area (Å²) in [5, 5.41) is 0. The van der Waals surface area contributed by atoms with Gasteiger partial charge in [0.2, 0.25) is 0 Å². The van der Waals surface area contributed by atoms with Crippen LogP contribution in [0.2, 0.25) is 0 Å². The van der Waals surface area contributed by atoms with Gasteiger partial charge in [0.15, 0.2) is 0 Å². The van der Waals surface area contributed by atoms with Gasteiger partial charge in [0.05, 0.1) is 12.7 Å². The topological polar surface area (TPSA) is 52.3 Å². The van der Waals surface area contributed by atoms with Gasteiger partial charge in [0.25, 0.3) is 0 Å². The molecule has 1 aliphatic carbocycles. The van der Waals surface area contributed by atoms with Crippen LogP contribution in [0.3, 0.4) is 0 Å².